The van der Waals surface area contributed by atoms with E-state index in [4.69, 9.17) is 4.74 Å². The molecule has 3 amide bonds. The molecule has 1 saturated carbocycles. The van der Waals surface area contributed by atoms with Gasteiger partial charge >= 0.3 is 0 Å². The van der Waals surface area contributed by atoms with Gasteiger partial charge < -0.3 is 10.1 Å². The van der Waals surface area contributed by atoms with Crippen molar-refractivity contribution in [2.45, 2.75) is 38.3 Å². The van der Waals surface area contributed by atoms with Gasteiger partial charge in [0.2, 0.25) is 0 Å². The Morgan fingerprint density at radius 2 is 1.87 bits per heavy atom. The summed E-state index contributed by atoms with van der Waals surface area (Å²) < 4.78 is 5.58. The zero-order valence-corrected chi connectivity index (χ0v) is 17.5. The van der Waals surface area contributed by atoms with Crippen molar-refractivity contribution in [1.82, 2.24) is 10.2 Å². The van der Waals surface area contributed by atoms with Gasteiger partial charge in [0.25, 0.3) is 17.7 Å². The third kappa shape index (κ3) is 3.76. The first kappa shape index (κ1) is 19.9. The SMILES string of the molecule is CC1CC1C(NC(=O)c1ccc2c(c1)C(=O)N(CC1CCCO1)C2=O)c1ccccc1. The number of hydrogen-bond donors (Lipinski definition) is 1. The molecule has 2 aliphatic heterocycles. The number of imide groups is 1. The second-order valence-electron chi connectivity index (χ2n) is 8.85. The van der Waals surface area contributed by atoms with Crippen LogP contribution < -0.4 is 5.32 Å². The molecule has 1 N–H and O–H groups in total. The van der Waals surface area contributed by atoms with Crippen molar-refractivity contribution in [2.24, 2.45) is 11.8 Å². The van der Waals surface area contributed by atoms with E-state index in [-0.39, 0.29) is 36.4 Å². The average Bonchev–Trinajstić information content (AvgIpc) is 3.19. The van der Waals surface area contributed by atoms with E-state index in [2.05, 4.69) is 12.2 Å². The Bertz CT molecular complexity index is 1030. The van der Waals surface area contributed by atoms with Gasteiger partial charge in [0.1, 0.15) is 0 Å². The van der Waals surface area contributed by atoms with Crippen molar-refractivity contribution >= 4 is 17.7 Å². The summed E-state index contributed by atoms with van der Waals surface area (Å²) in [6.45, 7) is 3.12. The topological polar surface area (TPSA) is 75.7 Å². The molecule has 4 atom stereocenters. The summed E-state index contributed by atoms with van der Waals surface area (Å²) in [5.41, 5.74) is 2.13. The standard InChI is InChI=1S/C25H26N2O4/c1-15-12-20(15)22(16-6-3-2-4-7-16)26-23(28)17-9-10-19-21(13-17)25(30)27(24(19)29)14-18-8-5-11-31-18/h2-4,6-7,9-10,13,15,18,20,22H,5,8,11-12,14H2,1H3,(H,26,28). The number of benzene rings is 2. The van der Waals surface area contributed by atoms with Crippen molar-refractivity contribution in [3.8, 4) is 0 Å². The Morgan fingerprint density at radius 1 is 1.13 bits per heavy atom. The first-order chi connectivity index (χ1) is 15.0. The summed E-state index contributed by atoms with van der Waals surface area (Å²) >= 11 is 0. The number of rotatable bonds is 6. The van der Waals surface area contributed by atoms with E-state index < -0.39 is 0 Å². The summed E-state index contributed by atoms with van der Waals surface area (Å²) in [7, 11) is 0. The van der Waals surface area contributed by atoms with E-state index in [0.717, 1.165) is 24.8 Å². The van der Waals surface area contributed by atoms with E-state index >= 15 is 0 Å². The van der Waals surface area contributed by atoms with Gasteiger partial charge in [-0.2, -0.15) is 0 Å². The highest BCUT2D eigenvalue weighted by molar-refractivity contribution is 6.22. The molecular weight excluding hydrogens is 392 g/mol. The van der Waals surface area contributed by atoms with Crippen molar-refractivity contribution in [1.29, 1.82) is 0 Å². The van der Waals surface area contributed by atoms with Crippen LogP contribution in [0.4, 0.5) is 0 Å². The van der Waals surface area contributed by atoms with Crippen LogP contribution in [0.2, 0.25) is 0 Å². The second-order valence-corrected chi connectivity index (χ2v) is 8.85. The highest BCUT2D eigenvalue weighted by Gasteiger charge is 2.41. The van der Waals surface area contributed by atoms with Gasteiger partial charge in [0.15, 0.2) is 0 Å². The number of hydrogen-bond acceptors (Lipinski definition) is 4. The van der Waals surface area contributed by atoms with Crippen LogP contribution in [0, 0.1) is 11.8 Å². The fraction of sp³-hybridized carbons (Fsp3) is 0.400. The van der Waals surface area contributed by atoms with Gasteiger partial charge in [-0.25, -0.2) is 0 Å². The summed E-state index contributed by atoms with van der Waals surface area (Å²) in [5.74, 6) is 0.0903. The fourth-order valence-electron chi connectivity index (χ4n) is 4.73. The summed E-state index contributed by atoms with van der Waals surface area (Å²) in [6.07, 6.45) is 2.77. The lowest BCUT2D eigenvalue weighted by Gasteiger charge is -2.19. The average molecular weight is 418 g/mol. The molecule has 0 radical (unpaired) electrons. The second kappa shape index (κ2) is 7.93. The molecule has 6 nitrogen and oxygen atoms in total. The van der Waals surface area contributed by atoms with E-state index in [1.807, 2.05) is 30.3 Å². The largest absolute Gasteiger partial charge is 0.376 e. The lowest BCUT2D eigenvalue weighted by molar-refractivity contribution is 0.0475. The number of ether oxygens (including phenoxy) is 1. The highest BCUT2D eigenvalue weighted by atomic mass is 16.5. The van der Waals surface area contributed by atoms with Crippen molar-refractivity contribution in [3.63, 3.8) is 0 Å². The maximum Gasteiger partial charge on any atom is 0.261 e. The monoisotopic (exact) mass is 418 g/mol. The molecule has 160 valence electrons. The molecule has 31 heavy (non-hydrogen) atoms. The number of nitrogens with zero attached hydrogens (tertiary/aromatic N) is 1. The molecule has 0 aromatic heterocycles. The number of amides is 3. The molecule has 0 spiro atoms. The van der Waals surface area contributed by atoms with Gasteiger partial charge in [-0.05, 0) is 54.9 Å². The van der Waals surface area contributed by atoms with Crippen LogP contribution >= 0.6 is 0 Å². The lowest BCUT2D eigenvalue weighted by atomic mass is 10.00. The van der Waals surface area contributed by atoms with Gasteiger partial charge in [0.05, 0.1) is 29.8 Å². The van der Waals surface area contributed by atoms with Crippen LogP contribution in [0.15, 0.2) is 48.5 Å². The van der Waals surface area contributed by atoms with Gasteiger partial charge in [-0.3, -0.25) is 19.3 Å². The molecule has 2 aromatic rings. The first-order valence-electron chi connectivity index (χ1n) is 11.0. The maximum atomic E-state index is 13.1. The molecular formula is C25H26N2O4. The van der Waals surface area contributed by atoms with Crippen molar-refractivity contribution < 1.29 is 19.1 Å². The predicted molar refractivity (Wildman–Crippen MR) is 115 cm³/mol. The quantitative estimate of drug-likeness (QED) is 0.728. The molecule has 6 heteroatoms. The minimum absolute atomic E-state index is 0.0645. The van der Waals surface area contributed by atoms with Crippen LogP contribution in [0.3, 0.4) is 0 Å². The van der Waals surface area contributed by atoms with E-state index in [0.29, 0.717) is 35.1 Å². The van der Waals surface area contributed by atoms with Crippen LogP contribution in [0.1, 0.15) is 68.9 Å². The molecule has 3 aliphatic rings. The Hall–Kier alpha value is -2.99. The number of nitrogens with one attached hydrogen (secondary N) is 1. The van der Waals surface area contributed by atoms with Gasteiger partial charge in [-0.15, -0.1) is 0 Å². The number of carbonyl (C=O) groups is 3. The number of fused-ring (bicyclic) bond motifs is 1. The highest BCUT2D eigenvalue weighted by Crippen LogP contribution is 2.47. The molecule has 2 fully saturated rings. The Balaban J connectivity index is 1.35. The zero-order chi connectivity index (χ0) is 21.5. The fourth-order valence-corrected chi connectivity index (χ4v) is 4.73. The zero-order valence-electron chi connectivity index (χ0n) is 17.5. The minimum Gasteiger partial charge on any atom is -0.376 e. The molecule has 2 heterocycles. The minimum atomic E-state index is -0.347. The van der Waals surface area contributed by atoms with E-state index in [9.17, 15) is 14.4 Å². The third-order valence-corrected chi connectivity index (χ3v) is 6.69. The maximum absolute atomic E-state index is 13.1. The summed E-state index contributed by atoms with van der Waals surface area (Å²) in [4.78, 5) is 39.9. The summed E-state index contributed by atoms with van der Waals surface area (Å²) in [6, 6.07) is 14.7. The normalized spacial score (nSPS) is 25.5. The molecule has 2 aromatic carbocycles. The van der Waals surface area contributed by atoms with E-state index in [1.165, 1.54) is 4.90 Å². The van der Waals surface area contributed by atoms with E-state index in [1.54, 1.807) is 18.2 Å². The van der Waals surface area contributed by atoms with Crippen LogP contribution in [-0.2, 0) is 4.74 Å². The molecule has 0 bridgehead atoms. The third-order valence-electron chi connectivity index (χ3n) is 6.69. The molecule has 1 saturated heterocycles. The van der Waals surface area contributed by atoms with Crippen LogP contribution in [0.5, 0.6) is 0 Å². The molecule has 5 rings (SSSR count). The van der Waals surface area contributed by atoms with Gasteiger partial charge in [-0.1, -0.05) is 37.3 Å². The van der Waals surface area contributed by atoms with Crippen molar-refractivity contribution in [3.05, 3.63) is 70.8 Å². The Kier molecular flexibility index (Phi) is 5.10. The smallest absolute Gasteiger partial charge is 0.261 e. The molecule has 1 aliphatic carbocycles. The summed E-state index contributed by atoms with van der Waals surface area (Å²) in [5, 5.41) is 3.16. The Morgan fingerprint density at radius 3 is 2.55 bits per heavy atom. The molecule has 4 unspecified atom stereocenters. The van der Waals surface area contributed by atoms with Gasteiger partial charge in [0, 0.05) is 12.2 Å². The number of carbonyl (C=O) groups excluding carboxylic acids is 3. The first-order valence-corrected chi connectivity index (χ1v) is 11.0. The van der Waals surface area contributed by atoms with Crippen molar-refractivity contribution in [2.75, 3.05) is 13.2 Å². The van der Waals surface area contributed by atoms with Crippen LogP contribution in [0.25, 0.3) is 0 Å². The predicted octanol–water partition coefficient (Wildman–Crippen LogP) is 3.59. The Labute approximate surface area is 181 Å². The lowest BCUT2D eigenvalue weighted by Crippen LogP contribution is -2.36. The van der Waals surface area contributed by atoms with Crippen LogP contribution in [-0.4, -0.2) is 41.9 Å².